The van der Waals surface area contributed by atoms with Gasteiger partial charge in [0.2, 0.25) is 0 Å². The summed E-state index contributed by atoms with van der Waals surface area (Å²) in [6.07, 6.45) is 0.567. The Kier molecular flexibility index (Phi) is 5.06. The molecule has 7 heteroatoms. The van der Waals surface area contributed by atoms with Gasteiger partial charge in [0.1, 0.15) is 22.5 Å². The van der Waals surface area contributed by atoms with Crippen molar-refractivity contribution in [2.45, 2.75) is 13.3 Å². The van der Waals surface area contributed by atoms with Crippen LogP contribution in [-0.2, 0) is 6.42 Å². The van der Waals surface area contributed by atoms with E-state index in [1.165, 1.54) is 12.1 Å². The predicted octanol–water partition coefficient (Wildman–Crippen LogP) is 4.99. The number of nitrogens with zero attached hydrogens (tertiary/aromatic N) is 3. The molecule has 0 atom stereocenters. The Morgan fingerprint density at radius 3 is 2.52 bits per heavy atom. The van der Waals surface area contributed by atoms with Crippen LogP contribution in [0.2, 0.25) is 5.02 Å². The van der Waals surface area contributed by atoms with Crippen molar-refractivity contribution < 1.29 is 4.92 Å². The average Bonchev–Trinajstić information content (AvgIpc) is 2.68. The van der Waals surface area contributed by atoms with E-state index < -0.39 is 4.92 Å². The van der Waals surface area contributed by atoms with Crippen LogP contribution in [0.3, 0.4) is 0 Å². The molecule has 0 amide bonds. The van der Waals surface area contributed by atoms with Crippen LogP contribution in [-0.4, -0.2) is 9.91 Å². The van der Waals surface area contributed by atoms with Gasteiger partial charge in [-0.05, 0) is 23.6 Å². The number of hydrogen-bond acceptors (Lipinski definition) is 5. The summed E-state index contributed by atoms with van der Waals surface area (Å²) >= 11 is 5.94. The first-order valence-corrected chi connectivity index (χ1v) is 8.57. The van der Waals surface area contributed by atoms with Crippen molar-refractivity contribution in [3.8, 4) is 28.5 Å². The number of anilines is 1. The highest BCUT2D eigenvalue weighted by Gasteiger charge is 2.22. The number of nitrogens with two attached hydrogens (primary N) is 1. The topological polar surface area (TPSA) is 106 Å². The lowest BCUT2D eigenvalue weighted by Gasteiger charge is -2.17. The standard InChI is InChI=1S/C20H15ClN4O2/c1-2-14-18(13-8-9-16(21)17(10-13)25(26)27)15(11-22)20(23)24-19(14)12-6-4-3-5-7-12/h3-10H,2H2,1H3,(H2,23,24). The summed E-state index contributed by atoms with van der Waals surface area (Å²) in [6, 6.07) is 16.0. The summed E-state index contributed by atoms with van der Waals surface area (Å²) in [4.78, 5) is 15.2. The summed E-state index contributed by atoms with van der Waals surface area (Å²) in [6.45, 7) is 1.94. The maximum Gasteiger partial charge on any atom is 0.288 e. The van der Waals surface area contributed by atoms with E-state index in [2.05, 4.69) is 11.1 Å². The van der Waals surface area contributed by atoms with Crippen LogP contribution in [0.5, 0.6) is 0 Å². The number of hydrogen-bond donors (Lipinski definition) is 1. The summed E-state index contributed by atoms with van der Waals surface area (Å²) in [5, 5.41) is 21.0. The second kappa shape index (κ2) is 7.44. The number of nitro groups is 1. The van der Waals surface area contributed by atoms with Gasteiger partial charge in [-0.2, -0.15) is 5.26 Å². The van der Waals surface area contributed by atoms with E-state index in [9.17, 15) is 15.4 Å². The molecule has 1 heterocycles. The number of nitriles is 1. The molecule has 0 aliphatic rings. The molecular formula is C20H15ClN4O2. The maximum atomic E-state index is 11.3. The minimum atomic E-state index is -0.549. The number of halogens is 1. The molecule has 0 aliphatic carbocycles. The monoisotopic (exact) mass is 378 g/mol. The number of pyridine rings is 1. The first-order chi connectivity index (χ1) is 13.0. The zero-order valence-corrected chi connectivity index (χ0v) is 15.2. The molecule has 3 aromatic rings. The summed E-state index contributed by atoms with van der Waals surface area (Å²) in [7, 11) is 0. The van der Waals surface area contributed by atoms with Gasteiger partial charge in [-0.15, -0.1) is 0 Å². The number of benzene rings is 2. The lowest BCUT2D eigenvalue weighted by Crippen LogP contribution is -2.05. The highest BCUT2D eigenvalue weighted by molar-refractivity contribution is 6.32. The van der Waals surface area contributed by atoms with E-state index in [0.29, 0.717) is 23.2 Å². The Bertz CT molecular complexity index is 1080. The molecule has 0 saturated heterocycles. The number of aromatic nitrogens is 1. The lowest BCUT2D eigenvalue weighted by molar-refractivity contribution is -0.384. The Labute approximate surface area is 161 Å². The molecule has 134 valence electrons. The van der Waals surface area contributed by atoms with Crippen LogP contribution >= 0.6 is 11.6 Å². The van der Waals surface area contributed by atoms with Crippen LogP contribution < -0.4 is 5.73 Å². The van der Waals surface area contributed by atoms with Gasteiger partial charge in [-0.25, -0.2) is 4.98 Å². The van der Waals surface area contributed by atoms with Crippen LogP contribution in [0.15, 0.2) is 48.5 Å². The van der Waals surface area contributed by atoms with Gasteiger partial charge in [0.15, 0.2) is 0 Å². The molecule has 0 radical (unpaired) electrons. The number of rotatable bonds is 4. The molecule has 0 aliphatic heterocycles. The molecule has 6 nitrogen and oxygen atoms in total. The third kappa shape index (κ3) is 3.33. The molecule has 2 N–H and O–H groups in total. The fraction of sp³-hybridized carbons (Fsp3) is 0.100. The maximum absolute atomic E-state index is 11.3. The summed E-state index contributed by atoms with van der Waals surface area (Å²) in [5.41, 5.74) is 9.40. The van der Waals surface area contributed by atoms with Crippen LogP contribution in [0.25, 0.3) is 22.4 Å². The Hall–Kier alpha value is -3.43. The van der Waals surface area contributed by atoms with Crippen LogP contribution in [0.4, 0.5) is 11.5 Å². The Morgan fingerprint density at radius 2 is 1.93 bits per heavy atom. The molecule has 0 spiro atoms. The largest absolute Gasteiger partial charge is 0.383 e. The van der Waals surface area contributed by atoms with E-state index in [1.807, 2.05) is 37.3 Å². The van der Waals surface area contributed by atoms with E-state index >= 15 is 0 Å². The van der Waals surface area contributed by atoms with Crippen molar-refractivity contribution in [2.24, 2.45) is 0 Å². The highest BCUT2D eigenvalue weighted by Crippen LogP contribution is 2.39. The molecule has 2 aromatic carbocycles. The average molecular weight is 379 g/mol. The summed E-state index contributed by atoms with van der Waals surface area (Å²) < 4.78 is 0. The summed E-state index contributed by atoms with van der Waals surface area (Å²) in [5.74, 6) is 0.0844. The van der Waals surface area contributed by atoms with Crippen LogP contribution in [0.1, 0.15) is 18.1 Å². The molecular weight excluding hydrogens is 364 g/mol. The van der Waals surface area contributed by atoms with Crippen molar-refractivity contribution in [1.29, 1.82) is 5.26 Å². The van der Waals surface area contributed by atoms with Gasteiger partial charge >= 0.3 is 0 Å². The van der Waals surface area contributed by atoms with Crippen molar-refractivity contribution in [3.63, 3.8) is 0 Å². The first-order valence-electron chi connectivity index (χ1n) is 8.20. The molecule has 0 bridgehead atoms. The SMILES string of the molecule is CCc1c(-c2ccccc2)nc(N)c(C#N)c1-c1ccc(Cl)c([N+](=O)[O-])c1. The molecule has 0 unspecified atom stereocenters. The fourth-order valence-corrected chi connectivity index (χ4v) is 3.25. The van der Waals surface area contributed by atoms with Crippen molar-refractivity contribution >= 4 is 23.1 Å². The fourth-order valence-electron chi connectivity index (χ4n) is 3.06. The van der Waals surface area contributed by atoms with Crippen molar-refractivity contribution in [2.75, 3.05) is 5.73 Å². The molecule has 0 saturated carbocycles. The van der Waals surface area contributed by atoms with Gasteiger partial charge in [0.05, 0.1) is 10.6 Å². The zero-order chi connectivity index (χ0) is 19.6. The van der Waals surface area contributed by atoms with E-state index in [0.717, 1.165) is 11.1 Å². The van der Waals surface area contributed by atoms with Crippen molar-refractivity contribution in [3.05, 3.63) is 74.8 Å². The molecule has 3 rings (SSSR count). The minimum Gasteiger partial charge on any atom is -0.383 e. The Morgan fingerprint density at radius 1 is 1.22 bits per heavy atom. The van der Waals surface area contributed by atoms with Gasteiger partial charge in [-0.3, -0.25) is 10.1 Å². The van der Waals surface area contributed by atoms with Crippen molar-refractivity contribution in [1.82, 2.24) is 4.98 Å². The second-order valence-corrected chi connectivity index (χ2v) is 6.24. The molecule has 1 aromatic heterocycles. The second-order valence-electron chi connectivity index (χ2n) is 5.83. The van der Waals surface area contributed by atoms with E-state index in [1.54, 1.807) is 6.07 Å². The third-order valence-corrected chi connectivity index (χ3v) is 4.59. The number of nitro benzene ring substituents is 1. The predicted molar refractivity (Wildman–Crippen MR) is 105 cm³/mol. The van der Waals surface area contributed by atoms with Gasteiger partial charge in [0, 0.05) is 17.2 Å². The molecule has 27 heavy (non-hydrogen) atoms. The third-order valence-electron chi connectivity index (χ3n) is 4.27. The Balaban J connectivity index is 2.39. The molecule has 0 fully saturated rings. The van der Waals surface area contributed by atoms with E-state index in [4.69, 9.17) is 17.3 Å². The highest BCUT2D eigenvalue weighted by atomic mass is 35.5. The van der Waals surface area contributed by atoms with Gasteiger partial charge < -0.3 is 5.73 Å². The van der Waals surface area contributed by atoms with Gasteiger partial charge in [0.25, 0.3) is 5.69 Å². The zero-order valence-electron chi connectivity index (χ0n) is 14.4. The normalized spacial score (nSPS) is 10.4. The van der Waals surface area contributed by atoms with Crippen LogP contribution in [0, 0.1) is 21.4 Å². The smallest absolute Gasteiger partial charge is 0.288 e. The quantitative estimate of drug-likeness (QED) is 0.508. The van der Waals surface area contributed by atoms with Gasteiger partial charge in [-0.1, -0.05) is 54.9 Å². The first kappa shape index (κ1) is 18.4. The minimum absolute atomic E-state index is 0.0330. The van der Waals surface area contributed by atoms with E-state index in [-0.39, 0.29) is 22.1 Å². The lowest BCUT2D eigenvalue weighted by atomic mass is 9.90. The number of nitrogen functional groups attached to an aromatic ring is 1.